The summed E-state index contributed by atoms with van der Waals surface area (Å²) < 4.78 is 11.5. The summed E-state index contributed by atoms with van der Waals surface area (Å²) in [4.78, 5) is 18.1. The molecule has 0 aliphatic rings. The minimum Gasteiger partial charge on any atom is -0.490 e. The average molecular weight is 390 g/mol. The van der Waals surface area contributed by atoms with Gasteiger partial charge in [-0.25, -0.2) is 4.98 Å². The molecule has 0 fully saturated rings. The van der Waals surface area contributed by atoms with Gasteiger partial charge in [0, 0.05) is 17.7 Å². The summed E-state index contributed by atoms with van der Waals surface area (Å²) in [6, 6.07) is 8.03. The normalized spacial score (nSPS) is 11.1. The summed E-state index contributed by atoms with van der Waals surface area (Å²) in [6.07, 6.45) is 0. The third-order valence-corrected chi connectivity index (χ3v) is 4.10. The van der Waals surface area contributed by atoms with Crippen molar-refractivity contribution in [2.45, 2.75) is 20.8 Å². The highest BCUT2D eigenvalue weighted by Crippen LogP contribution is 2.39. The second-order valence-electron chi connectivity index (χ2n) is 6.47. The number of aromatic amines is 1. The SMILES string of the molecule is CCOc1cc(-c2nc3ccc([N+](=O)[O-])cc3[nH]2)cc(Cl)c1OCC(C)C. The summed E-state index contributed by atoms with van der Waals surface area (Å²) in [7, 11) is 0. The molecule has 3 aromatic rings. The van der Waals surface area contributed by atoms with Crippen LogP contribution in [0.3, 0.4) is 0 Å². The molecule has 1 aromatic heterocycles. The van der Waals surface area contributed by atoms with Gasteiger partial charge in [-0.2, -0.15) is 0 Å². The molecular weight excluding hydrogens is 370 g/mol. The second-order valence-corrected chi connectivity index (χ2v) is 6.87. The number of ether oxygens (including phenoxy) is 2. The first-order valence-corrected chi connectivity index (χ1v) is 9.00. The Morgan fingerprint density at radius 2 is 2.04 bits per heavy atom. The number of fused-ring (bicyclic) bond motifs is 1. The van der Waals surface area contributed by atoms with Gasteiger partial charge in [-0.15, -0.1) is 0 Å². The molecule has 0 aliphatic carbocycles. The number of nitrogens with zero attached hydrogens (tertiary/aromatic N) is 2. The van der Waals surface area contributed by atoms with Gasteiger partial charge in [0.15, 0.2) is 11.5 Å². The van der Waals surface area contributed by atoms with E-state index in [-0.39, 0.29) is 5.69 Å². The number of halogens is 1. The quantitative estimate of drug-likeness (QED) is 0.441. The molecule has 0 bridgehead atoms. The molecule has 0 aliphatic heterocycles. The lowest BCUT2D eigenvalue weighted by Gasteiger charge is -2.16. The third-order valence-electron chi connectivity index (χ3n) is 3.82. The minimum absolute atomic E-state index is 0.00294. The van der Waals surface area contributed by atoms with Crippen LogP contribution >= 0.6 is 11.6 Å². The van der Waals surface area contributed by atoms with Crippen LogP contribution in [0.25, 0.3) is 22.4 Å². The van der Waals surface area contributed by atoms with Crippen molar-refractivity contribution in [1.82, 2.24) is 9.97 Å². The second kappa shape index (κ2) is 7.84. The Morgan fingerprint density at radius 3 is 2.70 bits per heavy atom. The molecule has 2 aromatic carbocycles. The highest BCUT2D eigenvalue weighted by molar-refractivity contribution is 6.32. The molecule has 0 saturated heterocycles. The average Bonchev–Trinajstić information content (AvgIpc) is 3.04. The Morgan fingerprint density at radius 1 is 1.26 bits per heavy atom. The van der Waals surface area contributed by atoms with Gasteiger partial charge >= 0.3 is 0 Å². The Bertz CT molecular complexity index is 984. The smallest absolute Gasteiger partial charge is 0.271 e. The van der Waals surface area contributed by atoms with Crippen LogP contribution in [0.1, 0.15) is 20.8 Å². The first-order valence-electron chi connectivity index (χ1n) is 8.62. The van der Waals surface area contributed by atoms with Gasteiger partial charge in [0.25, 0.3) is 5.69 Å². The number of rotatable bonds is 7. The maximum absolute atomic E-state index is 11.0. The monoisotopic (exact) mass is 389 g/mol. The van der Waals surface area contributed by atoms with Gasteiger partial charge in [-0.05, 0) is 31.0 Å². The standard InChI is InChI=1S/C19H20ClN3O4/c1-4-26-17-8-12(7-14(20)18(17)27-10-11(2)3)19-21-15-6-5-13(23(24)25)9-16(15)22-19/h5-9,11H,4,10H2,1-3H3,(H,21,22). The van der Waals surface area contributed by atoms with Crippen LogP contribution in [0.2, 0.25) is 5.02 Å². The lowest BCUT2D eigenvalue weighted by Crippen LogP contribution is -2.07. The zero-order valence-corrected chi connectivity index (χ0v) is 16.0. The van der Waals surface area contributed by atoms with Crippen molar-refractivity contribution in [1.29, 1.82) is 0 Å². The van der Waals surface area contributed by atoms with E-state index in [0.717, 1.165) is 0 Å². The van der Waals surface area contributed by atoms with Gasteiger partial charge in [-0.1, -0.05) is 25.4 Å². The van der Waals surface area contributed by atoms with Crippen molar-refractivity contribution < 1.29 is 14.4 Å². The molecule has 7 nitrogen and oxygen atoms in total. The van der Waals surface area contributed by atoms with Crippen molar-refractivity contribution >= 4 is 28.3 Å². The van der Waals surface area contributed by atoms with Crippen LogP contribution in [0.15, 0.2) is 30.3 Å². The van der Waals surface area contributed by atoms with Crippen LogP contribution in [0.4, 0.5) is 5.69 Å². The van der Waals surface area contributed by atoms with Crippen molar-refractivity contribution in [3.8, 4) is 22.9 Å². The summed E-state index contributed by atoms with van der Waals surface area (Å²) in [5.74, 6) is 1.93. The topological polar surface area (TPSA) is 90.3 Å². The van der Waals surface area contributed by atoms with E-state index in [0.29, 0.717) is 58.1 Å². The molecule has 142 valence electrons. The van der Waals surface area contributed by atoms with Crippen molar-refractivity contribution in [2.75, 3.05) is 13.2 Å². The summed E-state index contributed by atoms with van der Waals surface area (Å²) in [5.41, 5.74) is 1.92. The van der Waals surface area contributed by atoms with Crippen molar-refractivity contribution in [3.05, 3.63) is 45.5 Å². The zero-order chi connectivity index (χ0) is 19.6. The number of benzene rings is 2. The molecule has 0 atom stereocenters. The number of nitro benzene ring substituents is 1. The molecule has 27 heavy (non-hydrogen) atoms. The van der Waals surface area contributed by atoms with E-state index in [2.05, 4.69) is 23.8 Å². The molecule has 0 saturated carbocycles. The molecule has 1 heterocycles. The molecule has 0 amide bonds. The minimum atomic E-state index is -0.440. The third kappa shape index (κ3) is 4.14. The number of nitro groups is 1. The predicted molar refractivity (Wildman–Crippen MR) is 105 cm³/mol. The number of hydrogen-bond donors (Lipinski definition) is 1. The number of hydrogen-bond acceptors (Lipinski definition) is 5. The van der Waals surface area contributed by atoms with E-state index in [1.54, 1.807) is 18.2 Å². The van der Waals surface area contributed by atoms with Gasteiger partial charge in [0.2, 0.25) is 0 Å². The fourth-order valence-corrected chi connectivity index (χ4v) is 2.87. The number of nitrogens with one attached hydrogen (secondary N) is 1. The van der Waals surface area contributed by atoms with Crippen LogP contribution < -0.4 is 9.47 Å². The molecule has 0 radical (unpaired) electrons. The Balaban J connectivity index is 2.03. The number of imidazole rings is 1. The van der Waals surface area contributed by atoms with Gasteiger partial charge in [0.1, 0.15) is 5.82 Å². The highest BCUT2D eigenvalue weighted by Gasteiger charge is 2.17. The van der Waals surface area contributed by atoms with E-state index in [9.17, 15) is 10.1 Å². The van der Waals surface area contributed by atoms with Crippen molar-refractivity contribution in [3.63, 3.8) is 0 Å². The summed E-state index contributed by atoms with van der Waals surface area (Å²) in [6.45, 7) is 6.97. The molecule has 3 rings (SSSR count). The van der Waals surface area contributed by atoms with Crippen LogP contribution in [0.5, 0.6) is 11.5 Å². The lowest BCUT2D eigenvalue weighted by molar-refractivity contribution is -0.384. The fourth-order valence-electron chi connectivity index (χ4n) is 2.61. The van der Waals surface area contributed by atoms with Crippen molar-refractivity contribution in [2.24, 2.45) is 5.92 Å². The molecule has 0 spiro atoms. The van der Waals surface area contributed by atoms with Crippen LogP contribution in [-0.4, -0.2) is 28.1 Å². The first kappa shape index (κ1) is 19.0. The fraction of sp³-hybridized carbons (Fsp3) is 0.316. The number of aromatic nitrogens is 2. The van der Waals surface area contributed by atoms with Crippen LogP contribution in [-0.2, 0) is 0 Å². The molecule has 1 N–H and O–H groups in total. The van der Waals surface area contributed by atoms with Gasteiger partial charge < -0.3 is 14.5 Å². The predicted octanol–water partition coefficient (Wildman–Crippen LogP) is 5.23. The van der Waals surface area contributed by atoms with E-state index in [1.165, 1.54) is 12.1 Å². The van der Waals surface area contributed by atoms with Gasteiger partial charge in [0.05, 0.1) is 34.2 Å². The summed E-state index contributed by atoms with van der Waals surface area (Å²) >= 11 is 6.43. The van der Waals surface area contributed by atoms with E-state index < -0.39 is 4.92 Å². The largest absolute Gasteiger partial charge is 0.490 e. The van der Waals surface area contributed by atoms with E-state index >= 15 is 0 Å². The molecular formula is C19H20ClN3O4. The Hall–Kier alpha value is -2.80. The van der Waals surface area contributed by atoms with E-state index in [4.69, 9.17) is 21.1 Å². The molecule has 8 heteroatoms. The van der Waals surface area contributed by atoms with Crippen LogP contribution in [0, 0.1) is 16.0 Å². The maximum Gasteiger partial charge on any atom is 0.271 e. The first-order chi connectivity index (χ1) is 12.9. The lowest BCUT2D eigenvalue weighted by atomic mass is 10.2. The summed E-state index contributed by atoms with van der Waals surface area (Å²) in [5, 5.41) is 11.4. The van der Waals surface area contributed by atoms with Gasteiger partial charge in [-0.3, -0.25) is 10.1 Å². The zero-order valence-electron chi connectivity index (χ0n) is 15.3. The molecule has 0 unspecified atom stereocenters. The Kier molecular flexibility index (Phi) is 5.51. The number of H-pyrrole nitrogens is 1. The number of non-ortho nitro benzene ring substituents is 1. The Labute approximate surface area is 161 Å². The highest BCUT2D eigenvalue weighted by atomic mass is 35.5. The van der Waals surface area contributed by atoms with E-state index in [1.807, 2.05) is 6.92 Å². The maximum atomic E-state index is 11.0.